The monoisotopic (exact) mass is 427 g/mol. The molecular weight excluding hydrogens is 398 g/mol. The topological polar surface area (TPSA) is 98.2 Å². The van der Waals surface area contributed by atoms with Gasteiger partial charge in [0, 0.05) is 65.1 Å². The van der Waals surface area contributed by atoms with Crippen LogP contribution < -0.4 is 14.5 Å². The van der Waals surface area contributed by atoms with Crippen molar-refractivity contribution in [3.05, 3.63) is 36.0 Å². The van der Waals surface area contributed by atoms with Crippen LogP contribution in [0.2, 0.25) is 0 Å². The Balaban J connectivity index is 1.31. The number of amides is 1. The first-order chi connectivity index (χ1) is 15.2. The summed E-state index contributed by atoms with van der Waals surface area (Å²) in [6.07, 6.45) is 1.62. The van der Waals surface area contributed by atoms with E-state index in [2.05, 4.69) is 29.9 Å². The fraction of sp³-hybridized carbons (Fsp3) is 0.524. The minimum absolute atomic E-state index is 0.0635. The SMILES string of the molecule is COc1ncccc1C(=O)N1CCN(c2ccc(N3CCN(CCO)CC3)nn2)CC1. The molecule has 1 N–H and O–H groups in total. The summed E-state index contributed by atoms with van der Waals surface area (Å²) in [6.45, 7) is 7.12. The molecule has 0 saturated carbocycles. The average Bonchev–Trinajstić information content (AvgIpc) is 2.84. The Hall–Kier alpha value is -2.98. The highest BCUT2D eigenvalue weighted by molar-refractivity contribution is 5.96. The highest BCUT2D eigenvalue weighted by Gasteiger charge is 2.25. The number of pyridine rings is 1. The smallest absolute Gasteiger partial charge is 0.259 e. The predicted octanol–water partition coefficient (Wildman–Crippen LogP) is -0.0431. The number of rotatable bonds is 6. The molecule has 0 radical (unpaired) electrons. The minimum atomic E-state index is -0.0635. The summed E-state index contributed by atoms with van der Waals surface area (Å²) < 4.78 is 5.22. The summed E-state index contributed by atoms with van der Waals surface area (Å²) in [5.41, 5.74) is 0.488. The molecule has 0 spiro atoms. The maximum Gasteiger partial charge on any atom is 0.259 e. The van der Waals surface area contributed by atoms with E-state index in [0.717, 1.165) is 44.4 Å². The summed E-state index contributed by atoms with van der Waals surface area (Å²) in [6, 6.07) is 7.51. The van der Waals surface area contributed by atoms with Crippen LogP contribution in [-0.2, 0) is 0 Å². The van der Waals surface area contributed by atoms with Crippen molar-refractivity contribution in [1.29, 1.82) is 0 Å². The number of aromatic nitrogens is 3. The molecule has 4 rings (SSSR count). The standard InChI is InChI=1S/C21H29N7O3/c1-31-20-17(3-2-6-22-20)21(30)28-13-11-27(12-14-28)19-5-4-18(23-24-19)26-9-7-25(8-10-26)15-16-29/h2-6,29H,7-16H2,1H3. The second-order valence-corrected chi connectivity index (χ2v) is 7.64. The number of hydrogen-bond donors (Lipinski definition) is 1. The zero-order chi connectivity index (χ0) is 21.6. The van der Waals surface area contributed by atoms with E-state index < -0.39 is 0 Å². The molecule has 10 nitrogen and oxygen atoms in total. The van der Waals surface area contributed by atoms with Gasteiger partial charge in [0.25, 0.3) is 5.91 Å². The number of hydrogen-bond acceptors (Lipinski definition) is 9. The largest absolute Gasteiger partial charge is 0.480 e. The Labute approximate surface area is 182 Å². The van der Waals surface area contributed by atoms with Crippen LogP contribution in [0, 0.1) is 0 Å². The maximum atomic E-state index is 12.8. The van der Waals surface area contributed by atoms with Gasteiger partial charge in [0.15, 0.2) is 11.6 Å². The molecule has 2 aliphatic rings. The predicted molar refractivity (Wildman–Crippen MR) is 117 cm³/mol. The van der Waals surface area contributed by atoms with Crippen molar-refractivity contribution in [2.24, 2.45) is 0 Å². The van der Waals surface area contributed by atoms with Crippen LogP contribution >= 0.6 is 0 Å². The lowest BCUT2D eigenvalue weighted by atomic mass is 10.2. The highest BCUT2D eigenvalue weighted by Crippen LogP contribution is 2.20. The van der Waals surface area contributed by atoms with E-state index in [0.29, 0.717) is 37.6 Å². The van der Waals surface area contributed by atoms with Gasteiger partial charge in [-0.2, -0.15) is 0 Å². The van der Waals surface area contributed by atoms with E-state index in [9.17, 15) is 4.79 Å². The molecule has 4 heterocycles. The van der Waals surface area contributed by atoms with E-state index in [1.165, 1.54) is 7.11 Å². The van der Waals surface area contributed by atoms with Gasteiger partial charge in [0.2, 0.25) is 5.88 Å². The van der Waals surface area contributed by atoms with Crippen molar-refractivity contribution in [2.45, 2.75) is 0 Å². The number of piperazine rings is 2. The van der Waals surface area contributed by atoms with Crippen LogP contribution in [0.4, 0.5) is 11.6 Å². The number of carbonyl (C=O) groups is 1. The molecule has 0 aliphatic carbocycles. The normalized spacial score (nSPS) is 17.7. The van der Waals surface area contributed by atoms with E-state index >= 15 is 0 Å². The minimum Gasteiger partial charge on any atom is -0.480 e. The molecule has 0 atom stereocenters. The second-order valence-electron chi connectivity index (χ2n) is 7.64. The number of aliphatic hydroxyl groups excluding tert-OH is 1. The van der Waals surface area contributed by atoms with Crippen LogP contribution in [-0.4, -0.2) is 109 Å². The summed E-state index contributed by atoms with van der Waals surface area (Å²) in [4.78, 5) is 25.4. The zero-order valence-corrected chi connectivity index (χ0v) is 17.9. The van der Waals surface area contributed by atoms with Crippen molar-refractivity contribution >= 4 is 17.5 Å². The Morgan fingerprint density at radius 1 is 0.968 bits per heavy atom. The number of β-amino-alcohol motifs (C(OH)–C–C–N with tert-alkyl or cyclic N) is 1. The molecule has 10 heteroatoms. The second kappa shape index (κ2) is 9.88. The van der Waals surface area contributed by atoms with Crippen molar-refractivity contribution in [3.8, 4) is 5.88 Å². The van der Waals surface area contributed by atoms with E-state index in [1.54, 1.807) is 18.3 Å². The molecule has 0 bridgehead atoms. The van der Waals surface area contributed by atoms with Crippen LogP contribution in [0.25, 0.3) is 0 Å². The summed E-state index contributed by atoms with van der Waals surface area (Å²) in [5, 5.41) is 17.9. The number of ether oxygens (including phenoxy) is 1. The van der Waals surface area contributed by atoms with Gasteiger partial charge in [-0.15, -0.1) is 10.2 Å². The van der Waals surface area contributed by atoms with Gasteiger partial charge in [0.1, 0.15) is 5.56 Å². The third-order valence-electron chi connectivity index (χ3n) is 5.83. The molecule has 0 unspecified atom stereocenters. The maximum absolute atomic E-state index is 12.8. The molecule has 1 amide bonds. The lowest BCUT2D eigenvalue weighted by Crippen LogP contribution is -2.49. The van der Waals surface area contributed by atoms with Gasteiger partial charge in [-0.3, -0.25) is 9.69 Å². The molecular formula is C21H29N7O3. The number of methoxy groups -OCH3 is 1. The lowest BCUT2D eigenvalue weighted by molar-refractivity contribution is 0.0742. The van der Waals surface area contributed by atoms with E-state index in [4.69, 9.17) is 9.84 Å². The Bertz CT molecular complexity index is 864. The molecule has 2 fully saturated rings. The first-order valence-electron chi connectivity index (χ1n) is 10.6. The molecule has 2 aliphatic heterocycles. The van der Waals surface area contributed by atoms with Gasteiger partial charge in [-0.1, -0.05) is 0 Å². The quantitative estimate of drug-likeness (QED) is 0.681. The molecule has 2 aromatic rings. The van der Waals surface area contributed by atoms with Gasteiger partial charge >= 0.3 is 0 Å². The van der Waals surface area contributed by atoms with Gasteiger partial charge in [-0.25, -0.2) is 4.98 Å². The third-order valence-corrected chi connectivity index (χ3v) is 5.83. The van der Waals surface area contributed by atoms with Gasteiger partial charge < -0.3 is 24.5 Å². The van der Waals surface area contributed by atoms with Crippen LogP contribution in [0.1, 0.15) is 10.4 Å². The van der Waals surface area contributed by atoms with Crippen molar-refractivity contribution in [1.82, 2.24) is 25.0 Å². The number of anilines is 2. The Morgan fingerprint density at radius 2 is 1.58 bits per heavy atom. The van der Waals surface area contributed by atoms with E-state index in [1.807, 2.05) is 17.0 Å². The number of aliphatic hydroxyl groups is 1. The van der Waals surface area contributed by atoms with Gasteiger partial charge in [-0.05, 0) is 24.3 Å². The molecule has 2 aromatic heterocycles. The average molecular weight is 428 g/mol. The molecule has 166 valence electrons. The Morgan fingerprint density at radius 3 is 2.13 bits per heavy atom. The molecule has 0 aromatic carbocycles. The number of carbonyl (C=O) groups excluding carboxylic acids is 1. The fourth-order valence-corrected chi connectivity index (χ4v) is 4.02. The highest BCUT2D eigenvalue weighted by atomic mass is 16.5. The fourth-order valence-electron chi connectivity index (χ4n) is 4.02. The van der Waals surface area contributed by atoms with Crippen molar-refractivity contribution in [3.63, 3.8) is 0 Å². The summed E-state index contributed by atoms with van der Waals surface area (Å²) in [7, 11) is 1.52. The first-order valence-corrected chi connectivity index (χ1v) is 10.6. The van der Waals surface area contributed by atoms with Crippen molar-refractivity contribution in [2.75, 3.05) is 82.4 Å². The summed E-state index contributed by atoms with van der Waals surface area (Å²) >= 11 is 0. The van der Waals surface area contributed by atoms with Gasteiger partial charge in [0.05, 0.1) is 13.7 Å². The van der Waals surface area contributed by atoms with Crippen molar-refractivity contribution < 1.29 is 14.6 Å². The number of nitrogens with zero attached hydrogens (tertiary/aromatic N) is 7. The third kappa shape index (κ3) is 4.86. The van der Waals surface area contributed by atoms with Crippen LogP contribution in [0.15, 0.2) is 30.5 Å². The first kappa shape index (κ1) is 21.3. The Kier molecular flexibility index (Phi) is 6.78. The van der Waals surface area contributed by atoms with E-state index in [-0.39, 0.29) is 12.5 Å². The zero-order valence-electron chi connectivity index (χ0n) is 17.9. The molecule has 2 saturated heterocycles. The molecule has 31 heavy (non-hydrogen) atoms. The van der Waals surface area contributed by atoms with Crippen LogP contribution in [0.3, 0.4) is 0 Å². The summed E-state index contributed by atoms with van der Waals surface area (Å²) in [5.74, 6) is 2.00. The van der Waals surface area contributed by atoms with Crippen LogP contribution in [0.5, 0.6) is 5.88 Å². The lowest BCUT2D eigenvalue weighted by Gasteiger charge is -2.36.